The minimum absolute atomic E-state index is 0.169. The van der Waals surface area contributed by atoms with Crippen LogP contribution in [0.3, 0.4) is 0 Å². The topological polar surface area (TPSA) is 63.7 Å². The summed E-state index contributed by atoms with van der Waals surface area (Å²) < 4.78 is 5.20. The number of hydrogen-bond donors (Lipinski definition) is 1. The molecule has 0 saturated heterocycles. The molecular weight excluding hydrogens is 192 g/mol. The second-order valence-corrected chi connectivity index (χ2v) is 2.69. The van der Waals surface area contributed by atoms with E-state index in [1.807, 2.05) is 0 Å². The van der Waals surface area contributed by atoms with Gasteiger partial charge in [-0.2, -0.15) is 5.21 Å². The Balaban J connectivity index is 2.19. The van der Waals surface area contributed by atoms with E-state index in [0.717, 1.165) is 0 Å². The van der Waals surface area contributed by atoms with Crippen molar-refractivity contribution in [3.8, 4) is 11.8 Å². The molecule has 0 spiro atoms. The maximum Gasteiger partial charge on any atom is 0.361 e. The van der Waals surface area contributed by atoms with E-state index in [1.54, 1.807) is 24.3 Å². The second kappa shape index (κ2) is 3.40. The molecule has 2 aromatic rings. The molecule has 0 aliphatic rings. The molecule has 66 valence electrons. The SMILES string of the molecule is Clc1cccc(Oc2nn[nH]n2)c1. The van der Waals surface area contributed by atoms with Crippen LogP contribution in [0.2, 0.25) is 5.02 Å². The van der Waals surface area contributed by atoms with Gasteiger partial charge in [-0.25, -0.2) is 0 Å². The molecular formula is C7H5ClN4O. The highest BCUT2D eigenvalue weighted by Gasteiger charge is 2.00. The number of ether oxygens (including phenoxy) is 1. The van der Waals surface area contributed by atoms with Gasteiger partial charge in [0.15, 0.2) is 0 Å². The quantitative estimate of drug-likeness (QED) is 0.793. The van der Waals surface area contributed by atoms with Crippen molar-refractivity contribution in [3.05, 3.63) is 29.3 Å². The Morgan fingerprint density at radius 3 is 3.00 bits per heavy atom. The van der Waals surface area contributed by atoms with Crippen molar-refractivity contribution in [2.24, 2.45) is 0 Å². The molecule has 1 aromatic heterocycles. The monoisotopic (exact) mass is 196 g/mol. The number of halogens is 1. The van der Waals surface area contributed by atoms with Crippen LogP contribution in [-0.4, -0.2) is 20.6 Å². The standard InChI is InChI=1S/C7H5ClN4O/c8-5-2-1-3-6(4-5)13-7-9-11-12-10-7/h1-4H,(H,9,10,11,12). The smallest absolute Gasteiger partial charge is 0.361 e. The number of nitrogens with zero attached hydrogens (tertiary/aromatic N) is 3. The molecule has 0 bridgehead atoms. The van der Waals surface area contributed by atoms with Crippen LogP contribution < -0.4 is 4.74 Å². The second-order valence-electron chi connectivity index (χ2n) is 2.25. The number of nitrogens with one attached hydrogen (secondary N) is 1. The van der Waals surface area contributed by atoms with Crippen LogP contribution in [0.4, 0.5) is 0 Å². The maximum absolute atomic E-state index is 5.74. The lowest BCUT2D eigenvalue weighted by Crippen LogP contribution is -1.85. The van der Waals surface area contributed by atoms with Gasteiger partial charge in [0.2, 0.25) is 0 Å². The van der Waals surface area contributed by atoms with Crippen LogP contribution in [0.1, 0.15) is 0 Å². The van der Waals surface area contributed by atoms with Gasteiger partial charge in [0.25, 0.3) is 0 Å². The average Bonchev–Trinajstić information content (AvgIpc) is 2.57. The summed E-state index contributed by atoms with van der Waals surface area (Å²) in [4.78, 5) is 0. The van der Waals surface area contributed by atoms with E-state index in [9.17, 15) is 0 Å². The fourth-order valence-electron chi connectivity index (χ4n) is 0.832. The fraction of sp³-hybridized carbons (Fsp3) is 0. The van der Waals surface area contributed by atoms with Crippen molar-refractivity contribution in [1.82, 2.24) is 20.6 Å². The summed E-state index contributed by atoms with van der Waals surface area (Å²) in [6, 6.07) is 7.12. The first-order valence-electron chi connectivity index (χ1n) is 3.51. The molecule has 6 heteroatoms. The summed E-state index contributed by atoms with van der Waals surface area (Å²) in [5.41, 5.74) is 0. The number of rotatable bonds is 2. The predicted molar refractivity (Wildman–Crippen MR) is 45.7 cm³/mol. The molecule has 1 aromatic carbocycles. The summed E-state index contributed by atoms with van der Waals surface area (Å²) in [5.74, 6) is 0.578. The van der Waals surface area contributed by atoms with Crippen molar-refractivity contribution in [2.45, 2.75) is 0 Å². The molecule has 1 heterocycles. The Morgan fingerprint density at radius 2 is 2.31 bits per heavy atom. The van der Waals surface area contributed by atoms with E-state index in [0.29, 0.717) is 10.8 Å². The molecule has 13 heavy (non-hydrogen) atoms. The van der Waals surface area contributed by atoms with E-state index in [-0.39, 0.29) is 6.01 Å². The number of tetrazole rings is 1. The summed E-state index contributed by atoms with van der Waals surface area (Å²) in [6.07, 6.45) is 0. The maximum atomic E-state index is 5.74. The molecule has 2 rings (SSSR count). The van der Waals surface area contributed by atoms with Gasteiger partial charge in [0.05, 0.1) is 0 Å². The Labute approximate surface area is 78.7 Å². The highest BCUT2D eigenvalue weighted by molar-refractivity contribution is 6.30. The van der Waals surface area contributed by atoms with Gasteiger partial charge in [-0.15, -0.1) is 0 Å². The summed E-state index contributed by atoms with van der Waals surface area (Å²) in [6.45, 7) is 0. The highest BCUT2D eigenvalue weighted by atomic mass is 35.5. The van der Waals surface area contributed by atoms with E-state index in [4.69, 9.17) is 16.3 Å². The highest BCUT2D eigenvalue weighted by Crippen LogP contribution is 2.20. The van der Waals surface area contributed by atoms with Crippen LogP contribution in [0.5, 0.6) is 11.8 Å². The molecule has 0 aliphatic heterocycles. The van der Waals surface area contributed by atoms with Gasteiger partial charge >= 0.3 is 6.01 Å². The van der Waals surface area contributed by atoms with Crippen molar-refractivity contribution in [2.75, 3.05) is 0 Å². The first-order chi connectivity index (χ1) is 6.34. The Hall–Kier alpha value is -1.62. The van der Waals surface area contributed by atoms with Gasteiger partial charge in [-0.1, -0.05) is 27.9 Å². The number of benzene rings is 1. The number of aromatic nitrogens is 4. The molecule has 0 fully saturated rings. The Kier molecular flexibility index (Phi) is 2.09. The first kappa shape index (κ1) is 8.00. The third-order valence-electron chi connectivity index (χ3n) is 1.33. The van der Waals surface area contributed by atoms with Crippen molar-refractivity contribution in [1.29, 1.82) is 0 Å². The molecule has 0 unspecified atom stereocenters. The predicted octanol–water partition coefficient (Wildman–Crippen LogP) is 1.65. The van der Waals surface area contributed by atoms with Gasteiger partial charge in [0.1, 0.15) is 5.75 Å². The lowest BCUT2D eigenvalue weighted by molar-refractivity contribution is 0.442. The zero-order valence-electron chi connectivity index (χ0n) is 6.44. The summed E-state index contributed by atoms with van der Waals surface area (Å²) in [7, 11) is 0. The van der Waals surface area contributed by atoms with Gasteiger partial charge in [0, 0.05) is 5.02 Å². The van der Waals surface area contributed by atoms with E-state index >= 15 is 0 Å². The van der Waals surface area contributed by atoms with E-state index < -0.39 is 0 Å². The Morgan fingerprint density at radius 1 is 1.38 bits per heavy atom. The lowest BCUT2D eigenvalue weighted by atomic mass is 10.3. The molecule has 0 atom stereocenters. The zero-order valence-corrected chi connectivity index (χ0v) is 7.19. The van der Waals surface area contributed by atoms with Gasteiger partial charge in [-0.3, -0.25) is 0 Å². The summed E-state index contributed by atoms with van der Waals surface area (Å²) in [5, 5.41) is 13.5. The van der Waals surface area contributed by atoms with Crippen LogP contribution in [-0.2, 0) is 0 Å². The molecule has 5 nitrogen and oxygen atoms in total. The lowest BCUT2D eigenvalue weighted by Gasteiger charge is -1.98. The average molecular weight is 197 g/mol. The fourth-order valence-corrected chi connectivity index (χ4v) is 1.01. The molecule has 1 N–H and O–H groups in total. The van der Waals surface area contributed by atoms with Crippen LogP contribution in [0.15, 0.2) is 24.3 Å². The molecule has 0 amide bonds. The number of H-pyrrole nitrogens is 1. The molecule has 0 aliphatic carbocycles. The van der Waals surface area contributed by atoms with Crippen molar-refractivity contribution >= 4 is 11.6 Å². The first-order valence-corrected chi connectivity index (χ1v) is 3.89. The number of hydrogen-bond acceptors (Lipinski definition) is 4. The van der Waals surface area contributed by atoms with Crippen molar-refractivity contribution in [3.63, 3.8) is 0 Å². The van der Waals surface area contributed by atoms with Crippen LogP contribution in [0, 0.1) is 0 Å². The van der Waals surface area contributed by atoms with Gasteiger partial charge in [-0.05, 0) is 23.4 Å². The summed E-state index contributed by atoms with van der Waals surface area (Å²) >= 11 is 5.74. The minimum Gasteiger partial charge on any atom is -0.422 e. The van der Waals surface area contributed by atoms with Crippen LogP contribution in [0.25, 0.3) is 0 Å². The zero-order chi connectivity index (χ0) is 9.10. The van der Waals surface area contributed by atoms with E-state index in [1.165, 1.54) is 0 Å². The third kappa shape index (κ3) is 1.94. The van der Waals surface area contributed by atoms with Crippen molar-refractivity contribution < 1.29 is 4.74 Å². The largest absolute Gasteiger partial charge is 0.422 e. The normalized spacial score (nSPS) is 9.92. The minimum atomic E-state index is 0.169. The number of aromatic amines is 1. The third-order valence-corrected chi connectivity index (χ3v) is 1.57. The van der Waals surface area contributed by atoms with E-state index in [2.05, 4.69) is 20.6 Å². The van der Waals surface area contributed by atoms with Gasteiger partial charge < -0.3 is 4.74 Å². The molecule has 0 saturated carbocycles. The molecule has 0 radical (unpaired) electrons. The van der Waals surface area contributed by atoms with Crippen LogP contribution >= 0.6 is 11.6 Å². The Bertz CT molecular complexity index is 389.